The van der Waals surface area contributed by atoms with Gasteiger partial charge in [0.05, 0.1) is 12.4 Å². The van der Waals surface area contributed by atoms with Gasteiger partial charge in [-0.1, -0.05) is 40.0 Å². The molecule has 1 aliphatic heterocycles. The summed E-state index contributed by atoms with van der Waals surface area (Å²) in [5, 5.41) is 14.0. The lowest BCUT2D eigenvalue weighted by molar-refractivity contribution is -0.140. The first kappa shape index (κ1) is 29.3. The smallest absolute Gasteiger partial charge is 0.407 e. The second-order valence-electron chi connectivity index (χ2n) is 10.6. The molecule has 3 amide bonds. The monoisotopic (exact) mass is 511 g/mol. The predicted molar refractivity (Wildman–Crippen MR) is 140 cm³/mol. The number of hydrogen-bond acceptors (Lipinski definition) is 6. The minimum atomic E-state index is -0.904. The van der Waals surface area contributed by atoms with Gasteiger partial charge in [-0.25, -0.2) is 4.79 Å². The molecule has 2 fully saturated rings. The molecule has 0 aromatic rings. The van der Waals surface area contributed by atoms with E-state index in [-0.39, 0.29) is 36.1 Å². The minimum Gasteiger partial charge on any atom is -0.450 e. The number of ether oxygens (including phenoxy) is 1. The summed E-state index contributed by atoms with van der Waals surface area (Å²) in [6, 6.07) is -1.63. The third-order valence-corrected chi connectivity index (χ3v) is 8.11. The number of amides is 3. The van der Waals surface area contributed by atoms with Crippen LogP contribution >= 0.6 is 11.8 Å². The van der Waals surface area contributed by atoms with Crippen molar-refractivity contribution in [1.82, 2.24) is 15.5 Å². The van der Waals surface area contributed by atoms with Crippen molar-refractivity contribution < 1.29 is 19.1 Å². The zero-order chi connectivity index (χ0) is 26.2. The van der Waals surface area contributed by atoms with E-state index in [9.17, 15) is 14.4 Å². The first-order valence-corrected chi connectivity index (χ1v) is 13.9. The summed E-state index contributed by atoms with van der Waals surface area (Å²) >= 11 is 1.58. The van der Waals surface area contributed by atoms with Gasteiger partial charge in [-0.05, 0) is 50.7 Å². The molecule has 2 rings (SSSR count). The molecule has 200 valence electrons. The molecular weight excluding hydrogens is 466 g/mol. The Balaban J connectivity index is 2.23. The molecule has 2 aliphatic rings. The molecule has 10 heteroatoms. The predicted octanol–water partition coefficient (Wildman–Crippen LogP) is 3.26. The van der Waals surface area contributed by atoms with E-state index >= 15 is 0 Å². The number of rotatable bonds is 11. The Kier molecular flexibility index (Phi) is 11.2. The van der Waals surface area contributed by atoms with Crippen molar-refractivity contribution in [3.63, 3.8) is 0 Å². The SMILES string of the molecule is CCCOC(=O)N[C@@H](C(=O)N1C[C@H](C(=N)N)C[C@H]1C(=O)NCC1CCCCC1)C(C)(C)SC(C)C. The van der Waals surface area contributed by atoms with Crippen molar-refractivity contribution in [2.75, 3.05) is 19.7 Å². The van der Waals surface area contributed by atoms with Crippen LogP contribution in [0.2, 0.25) is 0 Å². The quantitative estimate of drug-likeness (QED) is 0.248. The molecule has 0 spiro atoms. The Labute approximate surface area is 214 Å². The van der Waals surface area contributed by atoms with E-state index in [1.54, 1.807) is 11.8 Å². The van der Waals surface area contributed by atoms with E-state index in [0.29, 0.717) is 25.3 Å². The van der Waals surface area contributed by atoms with Crippen LogP contribution in [0, 0.1) is 17.2 Å². The van der Waals surface area contributed by atoms with Crippen LogP contribution < -0.4 is 16.4 Å². The summed E-state index contributed by atoms with van der Waals surface area (Å²) in [7, 11) is 0. The molecule has 1 heterocycles. The highest BCUT2D eigenvalue weighted by molar-refractivity contribution is 8.01. The Hall–Kier alpha value is -1.97. The lowest BCUT2D eigenvalue weighted by Gasteiger charge is -2.38. The molecular formula is C25H45N5O4S. The van der Waals surface area contributed by atoms with Crippen molar-refractivity contribution in [2.24, 2.45) is 17.6 Å². The number of alkyl carbamates (subject to hydrolysis) is 1. The van der Waals surface area contributed by atoms with Crippen LogP contribution in [0.3, 0.4) is 0 Å². The maximum absolute atomic E-state index is 13.9. The van der Waals surface area contributed by atoms with E-state index < -0.39 is 28.8 Å². The lowest BCUT2D eigenvalue weighted by Crippen LogP contribution is -2.60. The maximum atomic E-state index is 13.9. The first-order chi connectivity index (χ1) is 16.5. The van der Waals surface area contributed by atoms with Crippen LogP contribution in [0.4, 0.5) is 4.79 Å². The Bertz CT molecular complexity index is 754. The van der Waals surface area contributed by atoms with Crippen molar-refractivity contribution in [3.8, 4) is 0 Å². The van der Waals surface area contributed by atoms with Gasteiger partial charge in [0.25, 0.3) is 0 Å². The average molecular weight is 512 g/mol. The van der Waals surface area contributed by atoms with Crippen LogP contribution in [0.15, 0.2) is 0 Å². The van der Waals surface area contributed by atoms with Gasteiger partial charge < -0.3 is 26.0 Å². The molecule has 0 aromatic carbocycles. The number of carbonyl (C=O) groups is 3. The Morgan fingerprint density at radius 3 is 2.43 bits per heavy atom. The largest absolute Gasteiger partial charge is 0.450 e. The molecule has 3 atom stereocenters. The normalized spacial score (nSPS) is 22.1. The topological polar surface area (TPSA) is 138 Å². The number of likely N-dealkylation sites (tertiary alicyclic amines) is 1. The third-order valence-electron chi connectivity index (χ3n) is 6.80. The van der Waals surface area contributed by atoms with Crippen LogP contribution in [0.5, 0.6) is 0 Å². The summed E-state index contributed by atoms with van der Waals surface area (Å²) < 4.78 is 4.55. The third kappa shape index (κ3) is 8.58. The fourth-order valence-corrected chi connectivity index (χ4v) is 6.55. The number of nitrogens with two attached hydrogens (primary N) is 1. The van der Waals surface area contributed by atoms with Crippen LogP contribution in [-0.2, 0) is 14.3 Å². The van der Waals surface area contributed by atoms with Crippen molar-refractivity contribution >= 4 is 35.5 Å². The molecule has 1 saturated heterocycles. The zero-order valence-corrected chi connectivity index (χ0v) is 22.8. The van der Waals surface area contributed by atoms with Crippen LogP contribution in [0.25, 0.3) is 0 Å². The van der Waals surface area contributed by atoms with E-state index in [1.807, 2.05) is 34.6 Å². The number of nitrogens with one attached hydrogen (secondary N) is 3. The van der Waals surface area contributed by atoms with E-state index in [1.165, 1.54) is 24.2 Å². The van der Waals surface area contributed by atoms with Gasteiger partial charge in [0.2, 0.25) is 11.8 Å². The number of nitrogens with zero attached hydrogens (tertiary/aromatic N) is 1. The fourth-order valence-electron chi connectivity index (χ4n) is 5.04. The second kappa shape index (κ2) is 13.4. The zero-order valence-electron chi connectivity index (χ0n) is 22.0. The second-order valence-corrected chi connectivity index (χ2v) is 12.9. The molecule has 0 radical (unpaired) electrons. The highest BCUT2D eigenvalue weighted by Gasteiger charge is 2.47. The summed E-state index contributed by atoms with van der Waals surface area (Å²) in [4.78, 5) is 41.2. The highest BCUT2D eigenvalue weighted by Crippen LogP contribution is 2.35. The van der Waals surface area contributed by atoms with Crippen LogP contribution in [-0.4, -0.2) is 70.4 Å². The number of hydrogen-bond donors (Lipinski definition) is 4. The van der Waals surface area contributed by atoms with Gasteiger partial charge in [0.1, 0.15) is 12.1 Å². The number of carbonyl (C=O) groups excluding carboxylic acids is 3. The summed E-state index contributed by atoms with van der Waals surface area (Å²) in [5.74, 6) is -0.524. The molecule has 0 unspecified atom stereocenters. The van der Waals surface area contributed by atoms with E-state index in [2.05, 4.69) is 10.6 Å². The maximum Gasteiger partial charge on any atom is 0.407 e. The standard InChI is InChI=1S/C25H45N5O4S/c1-6-12-34-24(33)29-20(25(4,5)35-16(2)3)23(32)30-15-18(21(26)27)13-19(30)22(31)28-14-17-10-8-7-9-11-17/h16-20H,6-15H2,1-5H3,(H3,26,27)(H,28,31)(H,29,33)/t18-,19+,20+/m1/s1. The van der Waals surface area contributed by atoms with Gasteiger partial charge >= 0.3 is 6.09 Å². The summed E-state index contributed by atoms with van der Waals surface area (Å²) in [6.07, 6.45) is 6.16. The average Bonchev–Trinajstić information content (AvgIpc) is 3.25. The Morgan fingerprint density at radius 1 is 1.20 bits per heavy atom. The molecule has 5 N–H and O–H groups in total. The Morgan fingerprint density at radius 2 is 1.86 bits per heavy atom. The summed E-state index contributed by atoms with van der Waals surface area (Å²) in [6.45, 7) is 10.8. The van der Waals surface area contributed by atoms with Gasteiger partial charge in [-0.2, -0.15) is 11.8 Å². The van der Waals surface area contributed by atoms with Gasteiger partial charge in [-0.15, -0.1) is 0 Å². The number of thioether (sulfide) groups is 1. The van der Waals surface area contributed by atoms with Crippen molar-refractivity contribution in [2.45, 2.75) is 102 Å². The summed E-state index contributed by atoms with van der Waals surface area (Å²) in [5.41, 5.74) is 5.80. The van der Waals surface area contributed by atoms with Gasteiger partial charge in [-0.3, -0.25) is 15.0 Å². The molecule has 0 aromatic heterocycles. The molecule has 9 nitrogen and oxygen atoms in total. The van der Waals surface area contributed by atoms with Crippen molar-refractivity contribution in [3.05, 3.63) is 0 Å². The fraction of sp³-hybridized carbons (Fsp3) is 0.840. The lowest BCUT2D eigenvalue weighted by atomic mass is 9.89. The van der Waals surface area contributed by atoms with E-state index in [0.717, 1.165) is 12.8 Å². The first-order valence-electron chi connectivity index (χ1n) is 13.0. The minimum absolute atomic E-state index is 0.0342. The van der Waals surface area contributed by atoms with Crippen LogP contribution in [0.1, 0.15) is 79.6 Å². The molecule has 1 aliphatic carbocycles. The van der Waals surface area contributed by atoms with E-state index in [4.69, 9.17) is 15.9 Å². The van der Waals surface area contributed by atoms with Gasteiger partial charge in [0.15, 0.2) is 0 Å². The number of amidine groups is 1. The molecule has 35 heavy (non-hydrogen) atoms. The molecule has 1 saturated carbocycles. The molecule has 0 bridgehead atoms. The van der Waals surface area contributed by atoms with Crippen molar-refractivity contribution in [1.29, 1.82) is 5.41 Å². The highest BCUT2D eigenvalue weighted by atomic mass is 32.2. The van der Waals surface area contributed by atoms with Gasteiger partial charge in [0, 0.05) is 23.8 Å².